The van der Waals surface area contributed by atoms with Crippen molar-refractivity contribution in [3.63, 3.8) is 0 Å². The maximum atomic E-state index is 10.9. The van der Waals surface area contributed by atoms with Gasteiger partial charge in [0.1, 0.15) is 0 Å². The minimum atomic E-state index is -1.45. The van der Waals surface area contributed by atoms with Crippen molar-refractivity contribution in [1.29, 1.82) is 0 Å². The van der Waals surface area contributed by atoms with E-state index in [0.29, 0.717) is 15.6 Å². The van der Waals surface area contributed by atoms with Gasteiger partial charge in [-0.25, -0.2) is 0 Å². The third-order valence-electron chi connectivity index (χ3n) is 3.18. The van der Waals surface area contributed by atoms with Gasteiger partial charge in [0.05, 0.1) is 38.4 Å². The minimum Gasteiger partial charge on any atom is -0.481 e. The Labute approximate surface area is 155 Å². The Hall–Kier alpha value is -1.19. The Morgan fingerprint density at radius 3 is 2.52 bits per heavy atom. The molecule has 0 aliphatic carbocycles. The van der Waals surface area contributed by atoms with E-state index in [1.807, 2.05) is 0 Å². The van der Waals surface area contributed by atoms with E-state index in [4.69, 9.17) is 37.8 Å². The number of aliphatic carboxylic acids is 1. The van der Waals surface area contributed by atoms with Crippen molar-refractivity contribution >= 4 is 29.2 Å². The molecule has 0 aromatic heterocycles. The lowest BCUT2D eigenvalue weighted by atomic mass is 10.1. The van der Waals surface area contributed by atoms with Crippen molar-refractivity contribution in [3.05, 3.63) is 46.5 Å². The smallest absolute Gasteiger partial charge is 0.305 e. The molecule has 0 aliphatic heterocycles. The monoisotopic (exact) mass is 393 g/mol. The molecule has 0 aliphatic rings. The fraction of sp³-hybridized carbons (Fsp3) is 0.438. The van der Waals surface area contributed by atoms with Gasteiger partial charge in [-0.15, -0.1) is 6.58 Å². The lowest BCUT2D eigenvalue weighted by Gasteiger charge is -2.25. The molecule has 7 nitrogen and oxygen atoms in total. The van der Waals surface area contributed by atoms with Gasteiger partial charge in [0.2, 0.25) is 6.41 Å². The van der Waals surface area contributed by atoms with Crippen molar-refractivity contribution in [2.75, 3.05) is 13.2 Å². The summed E-state index contributed by atoms with van der Waals surface area (Å²) in [4.78, 5) is 10.9. The SMILES string of the molecule is C=CCOC(O)N[C@@H](CC(=O)O)C(O)COCc1c(Cl)cccc1Cl. The highest BCUT2D eigenvalue weighted by Crippen LogP contribution is 2.24. The molecule has 140 valence electrons. The van der Waals surface area contributed by atoms with E-state index >= 15 is 0 Å². The van der Waals surface area contributed by atoms with E-state index in [2.05, 4.69) is 11.9 Å². The first kappa shape index (κ1) is 21.9. The number of halogens is 2. The fourth-order valence-electron chi connectivity index (χ4n) is 1.95. The number of ether oxygens (including phenoxy) is 2. The molecule has 4 N–H and O–H groups in total. The molecule has 0 amide bonds. The normalized spacial score (nSPS) is 14.7. The van der Waals surface area contributed by atoms with Gasteiger partial charge in [-0.05, 0) is 12.1 Å². The Balaban J connectivity index is 2.57. The molecule has 0 saturated carbocycles. The molecule has 0 saturated heterocycles. The standard InChI is InChI=1S/C16H21Cl2NO6/c1-2-6-25-16(23)19-13(7-15(21)22)14(20)9-24-8-10-11(17)4-3-5-12(10)18/h2-5,13-14,16,19-20,23H,1,6-9H2,(H,21,22)/t13-,14?,16?/m0/s1. The van der Waals surface area contributed by atoms with Crippen molar-refractivity contribution < 1.29 is 29.6 Å². The molecule has 0 spiro atoms. The number of hydrogen-bond donors (Lipinski definition) is 4. The van der Waals surface area contributed by atoms with E-state index in [-0.39, 0.29) is 19.8 Å². The van der Waals surface area contributed by atoms with Crippen LogP contribution in [-0.4, -0.2) is 53.1 Å². The second kappa shape index (κ2) is 11.4. The summed E-state index contributed by atoms with van der Waals surface area (Å²) >= 11 is 12.0. The highest BCUT2D eigenvalue weighted by Gasteiger charge is 2.25. The highest BCUT2D eigenvalue weighted by atomic mass is 35.5. The van der Waals surface area contributed by atoms with Gasteiger partial charge in [-0.3, -0.25) is 10.1 Å². The molecule has 25 heavy (non-hydrogen) atoms. The predicted molar refractivity (Wildman–Crippen MR) is 93.5 cm³/mol. The van der Waals surface area contributed by atoms with Crippen LogP contribution in [0.4, 0.5) is 0 Å². The van der Waals surface area contributed by atoms with E-state index in [1.165, 1.54) is 6.08 Å². The average molecular weight is 394 g/mol. The van der Waals surface area contributed by atoms with Gasteiger partial charge in [0.15, 0.2) is 0 Å². The second-order valence-corrected chi connectivity index (χ2v) is 5.94. The summed E-state index contributed by atoms with van der Waals surface area (Å²) in [7, 11) is 0. The number of aliphatic hydroxyl groups is 2. The van der Waals surface area contributed by atoms with Gasteiger partial charge in [0, 0.05) is 15.6 Å². The summed E-state index contributed by atoms with van der Waals surface area (Å²) < 4.78 is 10.3. The maximum absolute atomic E-state index is 10.9. The number of hydrogen-bond acceptors (Lipinski definition) is 6. The number of rotatable bonds is 12. The van der Waals surface area contributed by atoms with Gasteiger partial charge in [-0.1, -0.05) is 35.3 Å². The van der Waals surface area contributed by atoms with Crippen LogP contribution in [0.2, 0.25) is 10.0 Å². The molecule has 1 aromatic carbocycles. The first-order valence-electron chi connectivity index (χ1n) is 7.42. The summed E-state index contributed by atoms with van der Waals surface area (Å²) in [5, 5.41) is 32.0. The first-order chi connectivity index (χ1) is 11.8. The summed E-state index contributed by atoms with van der Waals surface area (Å²) in [6.07, 6.45) is -1.68. The topological polar surface area (TPSA) is 108 Å². The molecule has 0 bridgehead atoms. The summed E-state index contributed by atoms with van der Waals surface area (Å²) in [6, 6.07) is 4.02. The van der Waals surface area contributed by atoms with Gasteiger partial charge in [-0.2, -0.15) is 0 Å². The van der Waals surface area contributed by atoms with E-state index in [9.17, 15) is 15.0 Å². The van der Waals surface area contributed by atoms with Crippen LogP contribution in [0.15, 0.2) is 30.9 Å². The molecule has 0 heterocycles. The summed E-state index contributed by atoms with van der Waals surface area (Å²) in [5.74, 6) is -1.15. The Morgan fingerprint density at radius 1 is 1.32 bits per heavy atom. The molecular weight excluding hydrogens is 373 g/mol. The van der Waals surface area contributed by atoms with Gasteiger partial charge in [0.25, 0.3) is 0 Å². The lowest BCUT2D eigenvalue weighted by molar-refractivity contribution is -0.144. The lowest BCUT2D eigenvalue weighted by Crippen LogP contribution is -2.49. The maximum Gasteiger partial charge on any atom is 0.305 e. The Morgan fingerprint density at radius 2 is 1.96 bits per heavy atom. The molecule has 0 fully saturated rings. The molecule has 9 heteroatoms. The number of carboxylic acids is 1. The third-order valence-corrected chi connectivity index (χ3v) is 3.89. The van der Waals surface area contributed by atoms with Crippen molar-refractivity contribution in [2.45, 2.75) is 31.6 Å². The van der Waals surface area contributed by atoms with E-state index in [1.54, 1.807) is 18.2 Å². The number of nitrogens with one attached hydrogen (secondary N) is 1. The van der Waals surface area contributed by atoms with Crippen molar-refractivity contribution in [2.24, 2.45) is 0 Å². The molecular formula is C16H21Cl2NO6. The zero-order chi connectivity index (χ0) is 18.8. The Bertz CT molecular complexity index is 551. The average Bonchev–Trinajstić information content (AvgIpc) is 2.54. The molecule has 2 unspecified atom stereocenters. The van der Waals surface area contributed by atoms with Crippen LogP contribution in [0.5, 0.6) is 0 Å². The molecule has 0 radical (unpaired) electrons. The molecule has 3 atom stereocenters. The number of benzene rings is 1. The molecule has 1 rings (SSSR count). The van der Waals surface area contributed by atoms with E-state index < -0.39 is 30.9 Å². The molecule has 1 aromatic rings. The summed E-state index contributed by atoms with van der Waals surface area (Å²) in [5.41, 5.74) is 0.565. The van der Waals surface area contributed by atoms with E-state index in [0.717, 1.165) is 0 Å². The van der Waals surface area contributed by atoms with Crippen LogP contribution >= 0.6 is 23.2 Å². The second-order valence-electron chi connectivity index (χ2n) is 5.13. The zero-order valence-corrected chi connectivity index (χ0v) is 14.9. The third kappa shape index (κ3) is 8.15. The number of aliphatic hydroxyl groups excluding tert-OH is 2. The largest absolute Gasteiger partial charge is 0.481 e. The van der Waals surface area contributed by atoms with Gasteiger partial charge >= 0.3 is 5.97 Å². The first-order valence-corrected chi connectivity index (χ1v) is 8.17. The van der Waals surface area contributed by atoms with Crippen LogP contribution < -0.4 is 5.32 Å². The van der Waals surface area contributed by atoms with Crippen LogP contribution in [0.3, 0.4) is 0 Å². The van der Waals surface area contributed by atoms with Gasteiger partial charge < -0.3 is 24.8 Å². The quantitative estimate of drug-likeness (QED) is 0.316. The zero-order valence-electron chi connectivity index (χ0n) is 13.4. The number of carbonyl (C=O) groups is 1. The Kier molecular flexibility index (Phi) is 9.99. The van der Waals surface area contributed by atoms with Crippen LogP contribution in [0.1, 0.15) is 12.0 Å². The van der Waals surface area contributed by atoms with Crippen molar-refractivity contribution in [3.8, 4) is 0 Å². The van der Waals surface area contributed by atoms with Crippen LogP contribution in [0.25, 0.3) is 0 Å². The highest BCUT2D eigenvalue weighted by molar-refractivity contribution is 6.35. The van der Waals surface area contributed by atoms with Crippen LogP contribution in [-0.2, 0) is 20.9 Å². The number of carboxylic acid groups (broad SMARTS) is 1. The summed E-state index contributed by atoms with van der Waals surface area (Å²) in [6.45, 7) is 3.34. The predicted octanol–water partition coefficient (Wildman–Crippen LogP) is 1.78. The fourth-order valence-corrected chi connectivity index (χ4v) is 2.46. The van der Waals surface area contributed by atoms with Crippen molar-refractivity contribution in [1.82, 2.24) is 5.32 Å². The minimum absolute atomic E-state index is 0.0465. The van der Waals surface area contributed by atoms with Crippen LogP contribution in [0, 0.1) is 0 Å².